The van der Waals surface area contributed by atoms with Gasteiger partial charge in [-0.25, -0.2) is 4.68 Å². The number of amides is 1. The lowest BCUT2D eigenvalue weighted by Crippen LogP contribution is -2.23. The van der Waals surface area contributed by atoms with Gasteiger partial charge in [0.05, 0.1) is 23.1 Å². The summed E-state index contributed by atoms with van der Waals surface area (Å²) in [4.78, 5) is 12.4. The number of nitrogens with zero attached hydrogens (tertiary/aromatic N) is 2. The van der Waals surface area contributed by atoms with Crippen LogP contribution in [0.25, 0.3) is 5.69 Å². The molecule has 2 aromatic carbocycles. The lowest BCUT2D eigenvalue weighted by molar-refractivity contribution is -0.0498. The molecule has 0 radical (unpaired) electrons. The summed E-state index contributed by atoms with van der Waals surface area (Å²) in [5.74, 6) is -0.208. The van der Waals surface area contributed by atoms with E-state index >= 15 is 0 Å². The molecule has 0 fully saturated rings. The first-order chi connectivity index (χ1) is 12.9. The number of hydrogen-bond donors (Lipinski definition) is 1. The lowest BCUT2D eigenvalue weighted by Gasteiger charge is -2.08. The Morgan fingerprint density at radius 3 is 2.48 bits per heavy atom. The minimum Gasteiger partial charge on any atom is -0.435 e. The largest absolute Gasteiger partial charge is 0.435 e. The average Bonchev–Trinajstić information content (AvgIpc) is 3.03. The minimum absolute atomic E-state index is 0.0696. The van der Waals surface area contributed by atoms with Crippen LogP contribution in [-0.4, -0.2) is 22.3 Å². The Labute approximate surface area is 159 Å². The van der Waals surface area contributed by atoms with Gasteiger partial charge in [0.1, 0.15) is 5.75 Å². The van der Waals surface area contributed by atoms with Crippen molar-refractivity contribution in [2.45, 2.75) is 20.1 Å². The van der Waals surface area contributed by atoms with Crippen molar-refractivity contribution in [3.63, 3.8) is 0 Å². The molecule has 1 amide bonds. The number of hydrogen-bond acceptors (Lipinski definition) is 3. The summed E-state index contributed by atoms with van der Waals surface area (Å²) in [6.07, 6.45) is 1.50. The summed E-state index contributed by atoms with van der Waals surface area (Å²) in [6.45, 7) is -0.817. The van der Waals surface area contributed by atoms with E-state index in [1.807, 2.05) is 12.1 Å². The van der Waals surface area contributed by atoms with Gasteiger partial charge in [-0.2, -0.15) is 13.9 Å². The number of rotatable bonds is 6. The summed E-state index contributed by atoms with van der Waals surface area (Å²) in [6, 6.07) is 13.2. The van der Waals surface area contributed by atoms with Crippen molar-refractivity contribution in [3.8, 4) is 11.4 Å². The maximum atomic E-state index is 12.4. The fourth-order valence-corrected chi connectivity index (χ4v) is 2.67. The molecule has 0 saturated heterocycles. The Kier molecular flexibility index (Phi) is 5.71. The summed E-state index contributed by atoms with van der Waals surface area (Å²) in [5.41, 5.74) is 2.69. The van der Waals surface area contributed by atoms with Gasteiger partial charge in [0.2, 0.25) is 0 Å². The molecular weight excluding hydrogens is 376 g/mol. The Balaban J connectivity index is 1.65. The molecule has 0 atom stereocenters. The third-order valence-corrected chi connectivity index (χ3v) is 4.18. The normalized spacial score (nSPS) is 10.9. The van der Waals surface area contributed by atoms with Crippen molar-refractivity contribution in [3.05, 3.63) is 76.6 Å². The summed E-state index contributed by atoms with van der Waals surface area (Å²) in [5, 5.41) is 7.66. The molecule has 0 aliphatic heterocycles. The molecule has 0 aliphatic carbocycles. The van der Waals surface area contributed by atoms with Gasteiger partial charge in [0.25, 0.3) is 5.91 Å². The van der Waals surface area contributed by atoms with Crippen LogP contribution in [0.5, 0.6) is 5.75 Å². The predicted octanol–water partition coefficient (Wildman–Crippen LogP) is 4.37. The minimum atomic E-state index is -2.87. The molecule has 3 aromatic rings. The molecule has 1 heterocycles. The number of alkyl halides is 2. The highest BCUT2D eigenvalue weighted by Crippen LogP contribution is 2.18. The van der Waals surface area contributed by atoms with Crippen LogP contribution in [-0.2, 0) is 6.54 Å². The molecule has 0 saturated carbocycles. The van der Waals surface area contributed by atoms with Crippen molar-refractivity contribution in [1.82, 2.24) is 15.1 Å². The number of halogens is 3. The molecule has 3 rings (SSSR count). The number of carbonyl (C=O) groups is 1. The van der Waals surface area contributed by atoms with E-state index in [-0.39, 0.29) is 18.2 Å². The molecule has 8 heteroatoms. The molecule has 0 aliphatic rings. The first kappa shape index (κ1) is 18.8. The van der Waals surface area contributed by atoms with E-state index in [0.717, 1.165) is 11.3 Å². The highest BCUT2D eigenvalue weighted by molar-refractivity contribution is 6.30. The third kappa shape index (κ3) is 4.62. The van der Waals surface area contributed by atoms with Crippen LogP contribution < -0.4 is 10.1 Å². The van der Waals surface area contributed by atoms with E-state index in [2.05, 4.69) is 15.2 Å². The fraction of sp³-hybridized carbons (Fsp3) is 0.158. The zero-order chi connectivity index (χ0) is 19.4. The van der Waals surface area contributed by atoms with Gasteiger partial charge in [-0.3, -0.25) is 4.79 Å². The van der Waals surface area contributed by atoms with Crippen molar-refractivity contribution in [2.75, 3.05) is 0 Å². The maximum absolute atomic E-state index is 12.4. The van der Waals surface area contributed by atoms with Crippen LogP contribution >= 0.6 is 11.6 Å². The molecule has 140 valence electrons. The Morgan fingerprint density at radius 2 is 1.85 bits per heavy atom. The van der Waals surface area contributed by atoms with Crippen LogP contribution in [0.2, 0.25) is 5.02 Å². The number of benzene rings is 2. The predicted molar refractivity (Wildman–Crippen MR) is 97.6 cm³/mol. The summed E-state index contributed by atoms with van der Waals surface area (Å²) >= 11 is 5.89. The van der Waals surface area contributed by atoms with Gasteiger partial charge < -0.3 is 10.1 Å². The van der Waals surface area contributed by atoms with E-state index in [0.29, 0.717) is 16.3 Å². The van der Waals surface area contributed by atoms with Crippen LogP contribution in [0.3, 0.4) is 0 Å². The topological polar surface area (TPSA) is 56.1 Å². The smallest absolute Gasteiger partial charge is 0.387 e. The van der Waals surface area contributed by atoms with E-state index < -0.39 is 6.61 Å². The van der Waals surface area contributed by atoms with Crippen LogP contribution in [0.1, 0.15) is 21.6 Å². The average molecular weight is 392 g/mol. The van der Waals surface area contributed by atoms with Gasteiger partial charge >= 0.3 is 6.61 Å². The highest BCUT2D eigenvalue weighted by Gasteiger charge is 2.15. The molecule has 1 N–H and O–H groups in total. The second kappa shape index (κ2) is 8.18. The van der Waals surface area contributed by atoms with Gasteiger partial charge in [-0.1, -0.05) is 23.7 Å². The Morgan fingerprint density at radius 1 is 1.19 bits per heavy atom. The molecule has 1 aromatic heterocycles. The van der Waals surface area contributed by atoms with Gasteiger partial charge in [0.15, 0.2) is 0 Å². The van der Waals surface area contributed by atoms with Crippen LogP contribution in [0.15, 0.2) is 54.7 Å². The van der Waals surface area contributed by atoms with Crippen LogP contribution in [0.4, 0.5) is 8.78 Å². The molecule has 0 bridgehead atoms. The second-order valence-corrected chi connectivity index (χ2v) is 6.17. The second-order valence-electron chi connectivity index (χ2n) is 5.74. The van der Waals surface area contributed by atoms with Crippen molar-refractivity contribution >= 4 is 17.5 Å². The van der Waals surface area contributed by atoms with E-state index in [1.54, 1.807) is 35.9 Å². The fourth-order valence-electron chi connectivity index (χ4n) is 2.54. The summed E-state index contributed by atoms with van der Waals surface area (Å²) in [7, 11) is 0. The number of carbonyl (C=O) groups excluding carboxylic acids is 1. The van der Waals surface area contributed by atoms with Crippen LogP contribution in [0, 0.1) is 6.92 Å². The zero-order valence-electron chi connectivity index (χ0n) is 14.3. The van der Waals surface area contributed by atoms with Gasteiger partial charge in [-0.05, 0) is 48.9 Å². The van der Waals surface area contributed by atoms with Crippen molar-refractivity contribution in [2.24, 2.45) is 0 Å². The first-order valence-electron chi connectivity index (χ1n) is 8.06. The highest BCUT2D eigenvalue weighted by atomic mass is 35.5. The third-order valence-electron chi connectivity index (χ3n) is 3.93. The Hall–Kier alpha value is -2.93. The maximum Gasteiger partial charge on any atom is 0.387 e. The molecular formula is C19H16ClF2N3O2. The van der Waals surface area contributed by atoms with Crippen molar-refractivity contribution in [1.29, 1.82) is 0 Å². The monoisotopic (exact) mass is 391 g/mol. The molecule has 5 nitrogen and oxygen atoms in total. The quantitative estimate of drug-likeness (QED) is 0.679. The van der Waals surface area contributed by atoms with Crippen molar-refractivity contribution < 1.29 is 18.3 Å². The lowest BCUT2D eigenvalue weighted by atomic mass is 10.2. The van der Waals surface area contributed by atoms with E-state index in [1.165, 1.54) is 18.3 Å². The molecule has 0 spiro atoms. The van der Waals surface area contributed by atoms with E-state index in [9.17, 15) is 13.6 Å². The zero-order valence-corrected chi connectivity index (χ0v) is 15.1. The SMILES string of the molecule is Cc1c(C(=O)NCc2ccc(OC(F)F)cc2)cnn1-c1ccc(Cl)cc1. The van der Waals surface area contributed by atoms with Gasteiger partial charge in [-0.15, -0.1) is 0 Å². The standard InChI is InChI=1S/C19H16ClF2N3O2/c1-12-17(11-24-25(12)15-6-4-14(20)5-7-15)18(26)23-10-13-2-8-16(9-3-13)27-19(21)22/h2-9,11,19H,10H2,1H3,(H,23,26). The number of aromatic nitrogens is 2. The number of nitrogens with one attached hydrogen (secondary N) is 1. The molecule has 27 heavy (non-hydrogen) atoms. The molecule has 0 unspecified atom stereocenters. The summed E-state index contributed by atoms with van der Waals surface area (Å²) < 4.78 is 30.2. The van der Waals surface area contributed by atoms with Gasteiger partial charge in [0, 0.05) is 11.6 Å². The number of ether oxygens (including phenoxy) is 1. The Bertz CT molecular complexity index is 925. The van der Waals surface area contributed by atoms with E-state index in [4.69, 9.17) is 11.6 Å². The first-order valence-corrected chi connectivity index (χ1v) is 8.44.